The van der Waals surface area contributed by atoms with Crippen LogP contribution in [0.15, 0.2) is 0 Å². The molecule has 2 fully saturated rings. The van der Waals surface area contributed by atoms with Gasteiger partial charge in [0.05, 0.1) is 16.9 Å². The molecular weight excluding hydrogens is 228 g/mol. The van der Waals surface area contributed by atoms with Crippen molar-refractivity contribution in [1.29, 1.82) is 0 Å². The van der Waals surface area contributed by atoms with Crippen molar-refractivity contribution in [1.82, 2.24) is 10.6 Å². The van der Waals surface area contributed by atoms with Gasteiger partial charge in [-0.3, -0.25) is 4.79 Å². The van der Waals surface area contributed by atoms with E-state index in [-0.39, 0.29) is 29.4 Å². The molecule has 16 heavy (non-hydrogen) atoms. The first-order chi connectivity index (χ1) is 7.59. The van der Waals surface area contributed by atoms with E-state index in [9.17, 15) is 13.2 Å². The average Bonchev–Trinajstić information content (AvgIpc) is 2.83. The average molecular weight is 246 g/mol. The van der Waals surface area contributed by atoms with Gasteiger partial charge >= 0.3 is 0 Å². The van der Waals surface area contributed by atoms with Gasteiger partial charge in [-0.1, -0.05) is 0 Å². The Labute approximate surface area is 95.9 Å². The zero-order valence-electron chi connectivity index (χ0n) is 9.24. The lowest BCUT2D eigenvalue weighted by Crippen LogP contribution is -2.38. The van der Waals surface area contributed by atoms with Crippen molar-refractivity contribution < 1.29 is 13.2 Å². The van der Waals surface area contributed by atoms with Gasteiger partial charge in [0.2, 0.25) is 5.91 Å². The highest BCUT2D eigenvalue weighted by molar-refractivity contribution is 7.92. The fourth-order valence-corrected chi connectivity index (χ4v) is 4.09. The monoisotopic (exact) mass is 246 g/mol. The van der Waals surface area contributed by atoms with Crippen LogP contribution in [0.5, 0.6) is 0 Å². The van der Waals surface area contributed by atoms with Crippen LogP contribution in [0.3, 0.4) is 0 Å². The molecule has 2 aliphatic rings. The third-order valence-electron chi connectivity index (χ3n) is 3.40. The largest absolute Gasteiger partial charge is 0.355 e. The van der Waals surface area contributed by atoms with Crippen LogP contribution < -0.4 is 10.6 Å². The third kappa shape index (κ3) is 2.55. The molecule has 92 valence electrons. The fourth-order valence-electron chi connectivity index (χ4n) is 2.32. The van der Waals surface area contributed by atoms with Gasteiger partial charge in [0.25, 0.3) is 0 Å². The first-order valence-electron chi connectivity index (χ1n) is 5.79. The first kappa shape index (κ1) is 11.9. The lowest BCUT2D eigenvalue weighted by molar-refractivity contribution is -0.124. The van der Waals surface area contributed by atoms with E-state index in [1.807, 2.05) is 0 Å². The van der Waals surface area contributed by atoms with Crippen LogP contribution in [0.25, 0.3) is 0 Å². The van der Waals surface area contributed by atoms with Crippen LogP contribution in [0.2, 0.25) is 0 Å². The maximum Gasteiger partial charge on any atom is 0.224 e. The summed E-state index contributed by atoms with van der Waals surface area (Å²) in [5.41, 5.74) is 0. The molecule has 6 heteroatoms. The Morgan fingerprint density at radius 2 is 2.19 bits per heavy atom. The fraction of sp³-hybridized carbons (Fsp3) is 0.900. The molecule has 2 N–H and O–H groups in total. The second-order valence-corrected chi connectivity index (χ2v) is 6.97. The summed E-state index contributed by atoms with van der Waals surface area (Å²) in [6.07, 6.45) is 2.27. The molecule has 0 aromatic carbocycles. The van der Waals surface area contributed by atoms with Gasteiger partial charge < -0.3 is 10.6 Å². The van der Waals surface area contributed by atoms with E-state index in [4.69, 9.17) is 0 Å². The van der Waals surface area contributed by atoms with Gasteiger partial charge in [-0.15, -0.1) is 0 Å². The summed E-state index contributed by atoms with van der Waals surface area (Å²) in [5.74, 6) is 0.287. The Morgan fingerprint density at radius 3 is 2.75 bits per heavy atom. The number of hydrogen-bond acceptors (Lipinski definition) is 4. The van der Waals surface area contributed by atoms with Gasteiger partial charge in [-0.05, 0) is 25.8 Å². The van der Waals surface area contributed by atoms with Gasteiger partial charge in [0.1, 0.15) is 0 Å². The van der Waals surface area contributed by atoms with Crippen LogP contribution in [-0.2, 0) is 14.6 Å². The summed E-state index contributed by atoms with van der Waals surface area (Å²) in [4.78, 5) is 11.7. The van der Waals surface area contributed by atoms with Crippen molar-refractivity contribution in [3.63, 3.8) is 0 Å². The second kappa shape index (κ2) is 4.71. The topological polar surface area (TPSA) is 75.3 Å². The second-order valence-electron chi connectivity index (χ2n) is 4.57. The summed E-state index contributed by atoms with van der Waals surface area (Å²) < 4.78 is 23.1. The minimum Gasteiger partial charge on any atom is -0.355 e. The van der Waals surface area contributed by atoms with Crippen molar-refractivity contribution in [2.45, 2.75) is 24.5 Å². The molecule has 2 rings (SSSR count). The quantitative estimate of drug-likeness (QED) is 0.690. The predicted octanol–water partition coefficient (Wildman–Crippen LogP) is -0.711. The summed E-state index contributed by atoms with van der Waals surface area (Å²) in [5, 5.41) is 5.53. The van der Waals surface area contributed by atoms with Gasteiger partial charge in [-0.25, -0.2) is 8.42 Å². The van der Waals surface area contributed by atoms with Gasteiger partial charge in [0.15, 0.2) is 9.84 Å². The molecule has 0 radical (unpaired) electrons. The molecule has 0 saturated carbocycles. The highest BCUT2D eigenvalue weighted by Gasteiger charge is 2.32. The predicted molar refractivity (Wildman–Crippen MR) is 60.8 cm³/mol. The molecule has 2 atom stereocenters. The van der Waals surface area contributed by atoms with Crippen LogP contribution >= 0.6 is 0 Å². The van der Waals surface area contributed by atoms with Crippen LogP contribution in [0.1, 0.15) is 19.3 Å². The molecule has 0 bridgehead atoms. The van der Waals surface area contributed by atoms with E-state index in [2.05, 4.69) is 10.6 Å². The maximum absolute atomic E-state index is 11.7. The van der Waals surface area contributed by atoms with E-state index in [1.165, 1.54) is 0 Å². The normalized spacial score (nSPS) is 32.8. The molecule has 5 nitrogen and oxygen atoms in total. The Bertz CT molecular complexity index is 360. The van der Waals surface area contributed by atoms with Gasteiger partial charge in [-0.2, -0.15) is 0 Å². The van der Waals surface area contributed by atoms with E-state index >= 15 is 0 Å². The van der Waals surface area contributed by atoms with E-state index in [0.717, 1.165) is 19.4 Å². The highest BCUT2D eigenvalue weighted by atomic mass is 32.2. The minimum atomic E-state index is -2.94. The van der Waals surface area contributed by atoms with E-state index in [1.54, 1.807) is 0 Å². The van der Waals surface area contributed by atoms with Crippen LogP contribution in [0.4, 0.5) is 0 Å². The molecule has 2 saturated heterocycles. The maximum atomic E-state index is 11.7. The van der Waals surface area contributed by atoms with Crippen molar-refractivity contribution in [2.75, 3.05) is 25.4 Å². The van der Waals surface area contributed by atoms with Crippen molar-refractivity contribution in [3.05, 3.63) is 0 Å². The Kier molecular flexibility index (Phi) is 3.49. The third-order valence-corrected chi connectivity index (χ3v) is 5.67. The number of rotatable bonds is 3. The molecular formula is C10H18N2O3S. The Hall–Kier alpha value is -0.620. The summed E-state index contributed by atoms with van der Waals surface area (Å²) in [6.45, 7) is 1.88. The van der Waals surface area contributed by atoms with E-state index in [0.29, 0.717) is 13.0 Å². The molecule has 0 aliphatic carbocycles. The number of carbonyl (C=O) groups excluding carboxylic acids is 1. The minimum absolute atomic E-state index is 0.00731. The molecule has 0 aromatic rings. The molecule has 1 amide bonds. The molecule has 2 unspecified atom stereocenters. The van der Waals surface area contributed by atoms with Gasteiger partial charge in [0, 0.05) is 13.1 Å². The number of amides is 1. The summed E-state index contributed by atoms with van der Waals surface area (Å²) in [6, 6.07) is 0. The van der Waals surface area contributed by atoms with Crippen LogP contribution in [0, 0.1) is 5.92 Å². The number of carbonyl (C=O) groups is 1. The number of hydrogen-bond donors (Lipinski definition) is 2. The Balaban J connectivity index is 1.81. The molecule has 0 spiro atoms. The number of sulfone groups is 1. The van der Waals surface area contributed by atoms with Crippen molar-refractivity contribution in [2.24, 2.45) is 5.92 Å². The molecule has 2 heterocycles. The zero-order chi connectivity index (χ0) is 11.6. The molecule has 0 aromatic heterocycles. The SMILES string of the molecule is O=C(NCC1CCCS1(=O)=O)C1CCNC1. The zero-order valence-corrected chi connectivity index (χ0v) is 10.1. The lowest BCUT2D eigenvalue weighted by atomic mass is 10.1. The lowest BCUT2D eigenvalue weighted by Gasteiger charge is -2.13. The molecule has 2 aliphatic heterocycles. The first-order valence-corrected chi connectivity index (χ1v) is 7.51. The standard InChI is InChI=1S/C10H18N2O3S/c13-10(8-3-4-11-6-8)12-7-9-2-1-5-16(9,14)15/h8-9,11H,1-7H2,(H,12,13). The smallest absolute Gasteiger partial charge is 0.224 e. The van der Waals surface area contributed by atoms with Crippen molar-refractivity contribution in [3.8, 4) is 0 Å². The van der Waals surface area contributed by atoms with Crippen molar-refractivity contribution >= 4 is 15.7 Å². The Morgan fingerprint density at radius 1 is 1.38 bits per heavy atom. The highest BCUT2D eigenvalue weighted by Crippen LogP contribution is 2.19. The number of nitrogens with one attached hydrogen (secondary N) is 2. The summed E-state index contributed by atoms with van der Waals surface area (Å²) >= 11 is 0. The summed E-state index contributed by atoms with van der Waals surface area (Å²) in [7, 11) is -2.94. The van der Waals surface area contributed by atoms with E-state index < -0.39 is 9.84 Å². The van der Waals surface area contributed by atoms with Crippen LogP contribution in [-0.4, -0.2) is 45.0 Å².